The van der Waals surface area contributed by atoms with Gasteiger partial charge in [-0.15, -0.1) is 0 Å². The molecule has 5 rings (SSSR count). The number of aliphatic hydroxyl groups excluding tert-OH is 1. The number of pyridine rings is 1. The molecule has 1 aliphatic heterocycles. The molecule has 38 heavy (non-hydrogen) atoms. The second-order valence-corrected chi connectivity index (χ2v) is 10.4. The van der Waals surface area contributed by atoms with Crippen molar-refractivity contribution in [1.82, 2.24) is 9.97 Å². The third-order valence-corrected chi connectivity index (χ3v) is 7.66. The smallest absolute Gasteiger partial charge is 0.301 e. The number of benzene rings is 2. The number of aromatic nitrogens is 2. The second-order valence-electron chi connectivity index (χ2n) is 8.99. The molecule has 2 aromatic carbocycles. The van der Waals surface area contributed by atoms with Crippen LogP contribution in [0.1, 0.15) is 49.8 Å². The van der Waals surface area contributed by atoms with E-state index in [2.05, 4.69) is 16.9 Å². The van der Waals surface area contributed by atoms with Gasteiger partial charge in [-0.2, -0.15) is 0 Å². The van der Waals surface area contributed by atoms with Crippen molar-refractivity contribution in [3.8, 4) is 5.75 Å². The average molecular weight is 548 g/mol. The molecule has 0 aliphatic carbocycles. The highest BCUT2D eigenvalue weighted by molar-refractivity contribution is 7.22. The topological polar surface area (TPSA) is 92.6 Å². The monoisotopic (exact) mass is 547 g/mol. The zero-order valence-corrected chi connectivity index (χ0v) is 22.3. The lowest BCUT2D eigenvalue weighted by molar-refractivity contribution is -0.132. The Morgan fingerprint density at radius 1 is 1.05 bits per heavy atom. The van der Waals surface area contributed by atoms with Crippen molar-refractivity contribution >= 4 is 55.7 Å². The van der Waals surface area contributed by atoms with E-state index < -0.39 is 17.7 Å². The minimum Gasteiger partial charge on any atom is -0.507 e. The number of hydrogen-bond donors (Lipinski definition) is 1. The number of carbonyl (C=O) groups excluding carboxylic acids is 2. The van der Waals surface area contributed by atoms with Gasteiger partial charge in [-0.25, -0.2) is 4.98 Å². The summed E-state index contributed by atoms with van der Waals surface area (Å²) in [5.41, 5.74) is 1.70. The maximum Gasteiger partial charge on any atom is 0.301 e. The molecule has 0 radical (unpaired) electrons. The fraction of sp³-hybridized carbons (Fsp3) is 0.241. The highest BCUT2D eigenvalue weighted by atomic mass is 35.5. The van der Waals surface area contributed by atoms with E-state index in [1.807, 2.05) is 24.3 Å². The zero-order chi connectivity index (χ0) is 26.6. The minimum atomic E-state index is -0.877. The summed E-state index contributed by atoms with van der Waals surface area (Å²) in [5.74, 6) is -1.10. The Bertz CT molecular complexity index is 1500. The van der Waals surface area contributed by atoms with Gasteiger partial charge in [0, 0.05) is 23.0 Å². The molecule has 1 unspecified atom stereocenters. The van der Waals surface area contributed by atoms with Gasteiger partial charge in [0.25, 0.3) is 5.78 Å². The summed E-state index contributed by atoms with van der Waals surface area (Å²) < 4.78 is 6.67. The van der Waals surface area contributed by atoms with E-state index in [1.54, 1.807) is 30.3 Å². The molecule has 1 fully saturated rings. The number of amides is 1. The number of rotatable bonds is 9. The van der Waals surface area contributed by atoms with Gasteiger partial charge >= 0.3 is 5.91 Å². The predicted octanol–water partition coefficient (Wildman–Crippen LogP) is 6.93. The lowest BCUT2D eigenvalue weighted by atomic mass is 9.95. The molecule has 2 aromatic heterocycles. The molecule has 0 bridgehead atoms. The van der Waals surface area contributed by atoms with E-state index in [1.165, 1.54) is 35.1 Å². The molecule has 194 valence electrons. The van der Waals surface area contributed by atoms with Gasteiger partial charge in [0.05, 0.1) is 28.4 Å². The average Bonchev–Trinajstić information content (AvgIpc) is 3.46. The molecular formula is C29H26ClN3O4S. The van der Waals surface area contributed by atoms with E-state index in [0.29, 0.717) is 39.2 Å². The number of Topliss-reactive ketones (excluding diaryl/α,β-unsaturated/α-hetero) is 1. The maximum absolute atomic E-state index is 13.4. The standard InChI is InChI=1S/C29H26ClN3O4S/c1-2-3-4-5-16-37-21-9-6-18(7-10-21)25-24(26(34)19-12-14-31-15-13-19)27(35)28(36)33(25)29-32-22-11-8-20(30)17-23(22)38-29/h6-15,17,25,34H,2-5,16H2,1H3/b26-24+. The molecule has 1 N–H and O–H groups in total. The van der Waals surface area contributed by atoms with Crippen molar-refractivity contribution in [1.29, 1.82) is 0 Å². The number of halogens is 1. The van der Waals surface area contributed by atoms with Crippen LogP contribution in [0.3, 0.4) is 0 Å². The summed E-state index contributed by atoms with van der Waals surface area (Å²) >= 11 is 7.42. The largest absolute Gasteiger partial charge is 0.507 e. The number of aliphatic hydroxyl groups is 1. The molecule has 9 heteroatoms. The predicted molar refractivity (Wildman–Crippen MR) is 150 cm³/mol. The number of nitrogens with zero attached hydrogens (tertiary/aromatic N) is 3. The third-order valence-electron chi connectivity index (χ3n) is 6.41. The van der Waals surface area contributed by atoms with Gasteiger partial charge in [-0.1, -0.05) is 61.3 Å². The zero-order valence-electron chi connectivity index (χ0n) is 20.8. The van der Waals surface area contributed by atoms with E-state index in [0.717, 1.165) is 24.0 Å². The van der Waals surface area contributed by atoms with Crippen LogP contribution in [0.25, 0.3) is 16.0 Å². The van der Waals surface area contributed by atoms with Crippen LogP contribution in [0, 0.1) is 0 Å². The third kappa shape index (κ3) is 5.14. The number of fused-ring (bicyclic) bond motifs is 1. The van der Waals surface area contributed by atoms with Gasteiger partial charge in [-0.3, -0.25) is 19.5 Å². The Morgan fingerprint density at radius 2 is 1.82 bits per heavy atom. The molecule has 0 saturated carbocycles. The Morgan fingerprint density at radius 3 is 2.55 bits per heavy atom. The van der Waals surface area contributed by atoms with Gasteiger partial charge in [0.15, 0.2) is 5.13 Å². The van der Waals surface area contributed by atoms with Crippen LogP contribution in [0.5, 0.6) is 5.75 Å². The maximum atomic E-state index is 13.4. The van der Waals surface area contributed by atoms with Gasteiger partial charge in [-0.05, 0) is 54.4 Å². The molecule has 7 nitrogen and oxygen atoms in total. The Kier molecular flexibility index (Phi) is 7.72. The number of thiazole rings is 1. The Hall–Kier alpha value is -3.75. The van der Waals surface area contributed by atoms with Crippen molar-refractivity contribution in [2.75, 3.05) is 11.5 Å². The van der Waals surface area contributed by atoms with E-state index >= 15 is 0 Å². The first-order valence-electron chi connectivity index (χ1n) is 12.5. The fourth-order valence-electron chi connectivity index (χ4n) is 4.47. The fourth-order valence-corrected chi connectivity index (χ4v) is 5.73. The van der Waals surface area contributed by atoms with Crippen molar-refractivity contribution < 1.29 is 19.4 Å². The van der Waals surface area contributed by atoms with E-state index in [4.69, 9.17) is 16.3 Å². The quantitative estimate of drug-likeness (QED) is 0.106. The van der Waals surface area contributed by atoms with Crippen molar-refractivity contribution in [3.63, 3.8) is 0 Å². The van der Waals surface area contributed by atoms with Crippen LogP contribution in [-0.2, 0) is 9.59 Å². The molecule has 0 spiro atoms. The van der Waals surface area contributed by atoms with Gasteiger partial charge in [0.2, 0.25) is 0 Å². The lowest BCUT2D eigenvalue weighted by Gasteiger charge is -2.23. The first-order chi connectivity index (χ1) is 18.5. The molecule has 1 saturated heterocycles. The Balaban J connectivity index is 1.55. The summed E-state index contributed by atoms with van der Waals surface area (Å²) in [4.78, 5) is 36.7. The normalized spacial score (nSPS) is 16.9. The second kappa shape index (κ2) is 11.3. The number of hydrogen-bond acceptors (Lipinski definition) is 7. The Labute approximate surface area is 229 Å². The number of ether oxygens (including phenoxy) is 1. The van der Waals surface area contributed by atoms with Gasteiger partial charge in [0.1, 0.15) is 11.5 Å². The SMILES string of the molecule is CCCCCCOc1ccc(C2/C(=C(\O)c3ccncc3)C(=O)C(=O)N2c2nc3ccc(Cl)cc3s2)cc1. The summed E-state index contributed by atoms with van der Waals surface area (Å²) in [6.45, 7) is 2.79. The van der Waals surface area contributed by atoms with Gasteiger partial charge < -0.3 is 9.84 Å². The molecule has 1 aliphatic rings. The molecular weight excluding hydrogens is 522 g/mol. The summed E-state index contributed by atoms with van der Waals surface area (Å²) in [5, 5.41) is 12.1. The highest BCUT2D eigenvalue weighted by Gasteiger charge is 2.48. The molecule has 4 aromatic rings. The van der Waals surface area contributed by atoms with Crippen molar-refractivity contribution in [3.05, 3.63) is 88.7 Å². The molecule has 1 atom stereocenters. The lowest BCUT2D eigenvalue weighted by Crippen LogP contribution is -2.29. The number of ketones is 1. The number of unbranched alkanes of at least 4 members (excludes halogenated alkanes) is 3. The number of carbonyl (C=O) groups is 2. The van der Waals surface area contributed by atoms with Crippen LogP contribution >= 0.6 is 22.9 Å². The van der Waals surface area contributed by atoms with Crippen molar-refractivity contribution in [2.45, 2.75) is 38.6 Å². The van der Waals surface area contributed by atoms with Crippen LogP contribution in [0.2, 0.25) is 5.02 Å². The molecule has 3 heterocycles. The number of anilines is 1. The summed E-state index contributed by atoms with van der Waals surface area (Å²) in [7, 11) is 0. The van der Waals surface area contributed by atoms with E-state index in [9.17, 15) is 14.7 Å². The minimum absolute atomic E-state index is 0.00766. The highest BCUT2D eigenvalue weighted by Crippen LogP contribution is 2.44. The van der Waals surface area contributed by atoms with Crippen LogP contribution < -0.4 is 9.64 Å². The van der Waals surface area contributed by atoms with Crippen LogP contribution in [0.15, 0.2) is 72.6 Å². The van der Waals surface area contributed by atoms with Crippen LogP contribution in [0.4, 0.5) is 5.13 Å². The molecule has 1 amide bonds. The first-order valence-corrected chi connectivity index (χ1v) is 13.7. The van der Waals surface area contributed by atoms with E-state index in [-0.39, 0.29) is 11.3 Å². The van der Waals surface area contributed by atoms with Crippen LogP contribution in [-0.4, -0.2) is 33.4 Å². The summed E-state index contributed by atoms with van der Waals surface area (Å²) in [6, 6.07) is 14.8. The van der Waals surface area contributed by atoms with Crippen molar-refractivity contribution in [2.24, 2.45) is 0 Å². The first kappa shape index (κ1) is 25.9. The summed E-state index contributed by atoms with van der Waals surface area (Å²) in [6.07, 6.45) is 7.47.